The molecule has 64 valence electrons. The van der Waals surface area contributed by atoms with Gasteiger partial charge in [0.15, 0.2) is 0 Å². The average Bonchev–Trinajstić information content (AvgIpc) is 1.61. The zero-order valence-corrected chi connectivity index (χ0v) is 8.66. The summed E-state index contributed by atoms with van der Waals surface area (Å²) in [4.78, 5) is 0. The summed E-state index contributed by atoms with van der Waals surface area (Å²) in [6.45, 7) is 6.33. The summed E-state index contributed by atoms with van der Waals surface area (Å²) in [6, 6.07) is 0. The van der Waals surface area contributed by atoms with Crippen molar-refractivity contribution in [1.82, 2.24) is 0 Å². The van der Waals surface area contributed by atoms with Gasteiger partial charge in [-0.3, -0.25) is 4.21 Å². The highest BCUT2D eigenvalue weighted by Gasteiger charge is 2.25. The van der Waals surface area contributed by atoms with Crippen LogP contribution in [0, 0.1) is 0 Å². The summed E-state index contributed by atoms with van der Waals surface area (Å²) in [6.07, 6.45) is 5.95. The van der Waals surface area contributed by atoms with Crippen LogP contribution in [0.1, 0.15) is 33.6 Å². The fourth-order valence-corrected chi connectivity index (χ4v) is 1.64. The van der Waals surface area contributed by atoms with Crippen LogP contribution in [0.15, 0.2) is 0 Å². The molecule has 0 amide bonds. The fourth-order valence-electron chi connectivity index (χ4n) is 0.881. The Morgan fingerprint density at radius 3 is 1.80 bits per heavy atom. The molecule has 0 spiro atoms. The Labute approximate surface area is 65.6 Å². The van der Waals surface area contributed by atoms with Gasteiger partial charge in [0.1, 0.15) is 0 Å². The third-order valence-corrected chi connectivity index (χ3v) is 5.46. The Morgan fingerprint density at radius 1 is 1.30 bits per heavy atom. The van der Waals surface area contributed by atoms with Crippen LogP contribution in [0.5, 0.6) is 0 Å². The van der Waals surface area contributed by atoms with E-state index in [2.05, 4.69) is 20.8 Å². The van der Waals surface area contributed by atoms with Crippen molar-refractivity contribution in [2.24, 2.45) is 0 Å². The van der Waals surface area contributed by atoms with E-state index in [1.165, 1.54) is 0 Å². The van der Waals surface area contributed by atoms with E-state index in [9.17, 15) is 4.21 Å². The molecule has 1 nitrogen and oxygen atoms in total. The Kier molecular flexibility index (Phi) is 3.08. The Hall–Kier alpha value is 0.150. The first kappa shape index (κ1) is 10.2. The molecular formula is C8H20OS. The molecule has 0 aromatic carbocycles. The average molecular weight is 164 g/mol. The zero-order valence-electron chi connectivity index (χ0n) is 7.77. The maximum atomic E-state index is 11.6. The second-order valence-corrected chi connectivity index (χ2v) is 7.83. The van der Waals surface area contributed by atoms with Gasteiger partial charge in [0.05, 0.1) is 0 Å². The van der Waals surface area contributed by atoms with Crippen LogP contribution in [0.25, 0.3) is 0 Å². The van der Waals surface area contributed by atoms with E-state index in [0.717, 1.165) is 12.8 Å². The molecule has 0 saturated carbocycles. The van der Waals surface area contributed by atoms with Crippen LogP contribution in [0.3, 0.4) is 0 Å². The minimum atomic E-state index is -1.89. The highest BCUT2D eigenvalue weighted by atomic mass is 32.2. The second-order valence-electron chi connectivity index (χ2n) is 3.91. The van der Waals surface area contributed by atoms with Crippen LogP contribution >= 0.6 is 0 Å². The number of thiol groups is 1. The molecule has 0 aliphatic heterocycles. The van der Waals surface area contributed by atoms with Crippen LogP contribution in [-0.2, 0) is 9.93 Å². The van der Waals surface area contributed by atoms with Gasteiger partial charge in [0.25, 0.3) is 0 Å². The molecular weight excluding hydrogens is 144 g/mol. The van der Waals surface area contributed by atoms with Crippen molar-refractivity contribution < 1.29 is 4.21 Å². The van der Waals surface area contributed by atoms with Crippen LogP contribution in [-0.4, -0.2) is 21.5 Å². The molecule has 0 aromatic rings. The van der Waals surface area contributed by atoms with Crippen molar-refractivity contribution in [3.8, 4) is 0 Å². The number of rotatable bonds is 3. The molecule has 0 aliphatic rings. The van der Waals surface area contributed by atoms with E-state index >= 15 is 0 Å². The Morgan fingerprint density at radius 2 is 1.70 bits per heavy atom. The molecule has 0 unspecified atom stereocenters. The van der Waals surface area contributed by atoms with Crippen molar-refractivity contribution in [2.45, 2.75) is 38.4 Å². The molecule has 0 N–H and O–H groups in total. The molecule has 0 aromatic heterocycles. The Balaban J connectivity index is 4.25. The van der Waals surface area contributed by atoms with Gasteiger partial charge in [0.2, 0.25) is 0 Å². The first-order valence-electron chi connectivity index (χ1n) is 3.86. The van der Waals surface area contributed by atoms with Crippen LogP contribution in [0.2, 0.25) is 0 Å². The van der Waals surface area contributed by atoms with E-state index in [1.54, 1.807) is 0 Å². The molecule has 0 bridgehead atoms. The van der Waals surface area contributed by atoms with E-state index in [-0.39, 0.29) is 4.75 Å². The highest BCUT2D eigenvalue weighted by molar-refractivity contribution is 8.02. The molecule has 2 heteroatoms. The lowest BCUT2D eigenvalue weighted by Crippen LogP contribution is -2.35. The molecule has 0 fully saturated rings. The minimum Gasteiger partial charge on any atom is -0.285 e. The predicted octanol–water partition coefficient (Wildman–Crippen LogP) is 1.84. The van der Waals surface area contributed by atoms with Crippen molar-refractivity contribution in [3.63, 3.8) is 0 Å². The van der Waals surface area contributed by atoms with Crippen molar-refractivity contribution in [1.29, 1.82) is 0 Å². The maximum Gasteiger partial charge on any atom is 0.0177 e. The smallest absolute Gasteiger partial charge is 0.0177 e. The second kappa shape index (κ2) is 3.04. The van der Waals surface area contributed by atoms with Crippen molar-refractivity contribution >= 4 is 9.93 Å². The molecule has 0 aliphatic carbocycles. The van der Waals surface area contributed by atoms with Crippen molar-refractivity contribution in [3.05, 3.63) is 0 Å². The van der Waals surface area contributed by atoms with Gasteiger partial charge >= 0.3 is 0 Å². The monoisotopic (exact) mass is 164 g/mol. The topological polar surface area (TPSA) is 17.1 Å². The molecule has 0 saturated heterocycles. The lowest BCUT2D eigenvalue weighted by Gasteiger charge is -2.33. The normalized spacial score (nSPS) is 15.3. The molecule has 0 atom stereocenters. The van der Waals surface area contributed by atoms with Gasteiger partial charge in [-0.25, -0.2) is 0 Å². The molecule has 0 radical (unpaired) electrons. The van der Waals surface area contributed by atoms with E-state index in [0.29, 0.717) is 0 Å². The summed E-state index contributed by atoms with van der Waals surface area (Å²) in [5.41, 5.74) is 0. The van der Waals surface area contributed by atoms with Crippen molar-refractivity contribution in [2.75, 3.05) is 12.5 Å². The third-order valence-electron chi connectivity index (χ3n) is 2.32. The number of hydrogen-bond donors (Lipinski definition) is 1. The SMILES string of the molecule is CCCC(C)(C)[SH](C)(C)=O. The highest BCUT2D eigenvalue weighted by Crippen LogP contribution is 2.24. The molecule has 0 heterocycles. The van der Waals surface area contributed by atoms with Gasteiger partial charge in [0, 0.05) is 4.75 Å². The fraction of sp³-hybridized carbons (Fsp3) is 1.00. The lowest BCUT2D eigenvalue weighted by molar-refractivity contribution is 0.577. The summed E-state index contributed by atoms with van der Waals surface area (Å²) >= 11 is 0. The maximum absolute atomic E-state index is 11.6. The van der Waals surface area contributed by atoms with Gasteiger partial charge in [-0.05, 0) is 18.9 Å². The van der Waals surface area contributed by atoms with Crippen LogP contribution in [0.4, 0.5) is 0 Å². The van der Waals surface area contributed by atoms with Gasteiger partial charge in [-0.2, -0.15) is 0 Å². The van der Waals surface area contributed by atoms with E-state index in [4.69, 9.17) is 0 Å². The standard InChI is InChI=1S/C8H20OS/c1-6-7-8(2,3)10(4,5)9/h10H,6-7H2,1-5H3. The number of hydrogen-bond acceptors (Lipinski definition) is 1. The summed E-state index contributed by atoms with van der Waals surface area (Å²) < 4.78 is 11.7. The van der Waals surface area contributed by atoms with E-state index < -0.39 is 9.93 Å². The summed E-state index contributed by atoms with van der Waals surface area (Å²) in [7, 11) is -1.89. The van der Waals surface area contributed by atoms with Gasteiger partial charge < -0.3 is 0 Å². The minimum absolute atomic E-state index is 0.0434. The first-order valence-corrected chi connectivity index (χ1v) is 6.46. The molecule has 10 heavy (non-hydrogen) atoms. The third kappa shape index (κ3) is 2.41. The largest absolute Gasteiger partial charge is 0.285 e. The summed E-state index contributed by atoms with van der Waals surface area (Å²) in [5, 5.41) is 0. The van der Waals surface area contributed by atoms with Gasteiger partial charge in [-0.15, -0.1) is 9.93 Å². The van der Waals surface area contributed by atoms with E-state index in [1.807, 2.05) is 12.5 Å². The Bertz CT molecular complexity index is 143. The predicted molar refractivity (Wildman–Crippen MR) is 50.4 cm³/mol. The lowest BCUT2D eigenvalue weighted by atomic mass is 10.1. The molecule has 0 rings (SSSR count). The summed E-state index contributed by atoms with van der Waals surface area (Å²) in [5.74, 6) is 0. The van der Waals surface area contributed by atoms with Gasteiger partial charge in [-0.1, -0.05) is 27.2 Å². The zero-order chi connectivity index (χ0) is 8.41. The first-order chi connectivity index (χ1) is 4.31. The van der Waals surface area contributed by atoms with Crippen LogP contribution < -0.4 is 0 Å². The quantitative estimate of drug-likeness (QED) is 0.630.